The summed E-state index contributed by atoms with van der Waals surface area (Å²) in [5.41, 5.74) is 8.28. The fraction of sp³-hybridized carbons (Fsp3) is 0.533. The minimum Gasteiger partial charge on any atom is -0.469 e. The first-order chi connectivity index (χ1) is 9.17. The summed E-state index contributed by atoms with van der Waals surface area (Å²) in [6.07, 6.45) is 1.40. The molecule has 1 aliphatic heterocycles. The molecule has 1 aromatic carbocycles. The Morgan fingerprint density at radius 2 is 2.26 bits per heavy atom. The van der Waals surface area contributed by atoms with E-state index < -0.39 is 0 Å². The molecular weight excluding hydrogens is 240 g/mol. The van der Waals surface area contributed by atoms with Crippen molar-refractivity contribution in [3.8, 4) is 0 Å². The number of para-hydroxylation sites is 1. The van der Waals surface area contributed by atoms with Crippen LogP contribution in [0.4, 0.5) is 5.69 Å². The molecule has 0 amide bonds. The van der Waals surface area contributed by atoms with Gasteiger partial charge >= 0.3 is 5.97 Å². The molecule has 4 nitrogen and oxygen atoms in total. The lowest BCUT2D eigenvalue weighted by Crippen LogP contribution is -2.34. The molecule has 19 heavy (non-hydrogen) atoms. The molecule has 0 aromatic heterocycles. The number of carbonyl (C=O) groups is 1. The van der Waals surface area contributed by atoms with Gasteiger partial charge in [0.1, 0.15) is 0 Å². The number of hydrogen-bond donors (Lipinski definition) is 1. The van der Waals surface area contributed by atoms with Gasteiger partial charge in [-0.25, -0.2) is 0 Å². The number of benzene rings is 1. The van der Waals surface area contributed by atoms with Gasteiger partial charge in [-0.1, -0.05) is 18.2 Å². The van der Waals surface area contributed by atoms with E-state index in [4.69, 9.17) is 10.5 Å². The standard InChI is InChI=1S/C15H22N2O2/c1-11(9-15(18)19-2)17-10-12(7-8-16)13-5-3-4-6-14(13)17/h3-6,11-12H,7-10,16H2,1-2H3. The molecule has 2 rings (SSSR count). The van der Waals surface area contributed by atoms with Gasteiger partial charge in [0.25, 0.3) is 0 Å². The van der Waals surface area contributed by atoms with E-state index in [9.17, 15) is 4.79 Å². The normalized spacial score (nSPS) is 19.1. The summed E-state index contributed by atoms with van der Waals surface area (Å²) in [4.78, 5) is 13.7. The highest BCUT2D eigenvalue weighted by Gasteiger charge is 2.31. The number of carbonyl (C=O) groups excluding carboxylic acids is 1. The molecule has 0 radical (unpaired) electrons. The van der Waals surface area contributed by atoms with Crippen LogP contribution in [0.1, 0.15) is 31.2 Å². The Labute approximate surface area is 114 Å². The van der Waals surface area contributed by atoms with Crippen LogP contribution in [0.3, 0.4) is 0 Å². The van der Waals surface area contributed by atoms with Crippen LogP contribution in [-0.2, 0) is 9.53 Å². The minimum atomic E-state index is -0.160. The number of hydrogen-bond acceptors (Lipinski definition) is 4. The lowest BCUT2D eigenvalue weighted by atomic mass is 9.98. The molecule has 0 aliphatic carbocycles. The minimum absolute atomic E-state index is 0.149. The van der Waals surface area contributed by atoms with Crippen molar-refractivity contribution in [3.05, 3.63) is 29.8 Å². The largest absolute Gasteiger partial charge is 0.469 e. The van der Waals surface area contributed by atoms with Gasteiger partial charge in [-0.05, 0) is 31.5 Å². The van der Waals surface area contributed by atoms with Gasteiger partial charge in [0.15, 0.2) is 0 Å². The second-order valence-electron chi connectivity index (χ2n) is 5.11. The zero-order valence-electron chi connectivity index (χ0n) is 11.6. The zero-order chi connectivity index (χ0) is 13.8. The van der Waals surface area contributed by atoms with Gasteiger partial charge in [-0.15, -0.1) is 0 Å². The Morgan fingerprint density at radius 3 is 2.95 bits per heavy atom. The molecular formula is C15H22N2O2. The van der Waals surface area contributed by atoms with Gasteiger partial charge in [-0.3, -0.25) is 4.79 Å². The molecule has 0 spiro atoms. The number of rotatable bonds is 5. The summed E-state index contributed by atoms with van der Waals surface area (Å²) >= 11 is 0. The summed E-state index contributed by atoms with van der Waals surface area (Å²) < 4.78 is 4.76. The molecule has 1 heterocycles. The maximum absolute atomic E-state index is 11.4. The molecule has 1 aromatic rings. The Morgan fingerprint density at radius 1 is 1.53 bits per heavy atom. The van der Waals surface area contributed by atoms with Crippen LogP contribution in [0.25, 0.3) is 0 Å². The predicted molar refractivity (Wildman–Crippen MR) is 76.3 cm³/mol. The molecule has 0 saturated heterocycles. The van der Waals surface area contributed by atoms with Crippen molar-refractivity contribution >= 4 is 11.7 Å². The number of nitrogens with zero attached hydrogens (tertiary/aromatic N) is 1. The number of methoxy groups -OCH3 is 1. The van der Waals surface area contributed by atoms with E-state index in [0.717, 1.165) is 13.0 Å². The highest BCUT2D eigenvalue weighted by Crippen LogP contribution is 2.39. The van der Waals surface area contributed by atoms with Crippen molar-refractivity contribution in [2.75, 3.05) is 25.1 Å². The molecule has 1 aliphatic rings. The Kier molecular flexibility index (Phi) is 4.43. The predicted octanol–water partition coefficient (Wildman–Crippen LogP) is 1.89. The summed E-state index contributed by atoms with van der Waals surface area (Å²) in [5.74, 6) is 0.313. The van der Waals surface area contributed by atoms with Crippen LogP contribution in [0.5, 0.6) is 0 Å². The van der Waals surface area contributed by atoms with E-state index in [2.05, 4.69) is 30.0 Å². The number of fused-ring (bicyclic) bond motifs is 1. The fourth-order valence-corrected chi connectivity index (χ4v) is 2.83. The van der Waals surface area contributed by atoms with E-state index >= 15 is 0 Å². The van der Waals surface area contributed by atoms with E-state index in [0.29, 0.717) is 18.9 Å². The van der Waals surface area contributed by atoms with Crippen molar-refractivity contribution in [3.63, 3.8) is 0 Å². The SMILES string of the molecule is COC(=O)CC(C)N1CC(CCN)c2ccccc21. The topological polar surface area (TPSA) is 55.6 Å². The van der Waals surface area contributed by atoms with Crippen molar-refractivity contribution in [1.29, 1.82) is 0 Å². The average molecular weight is 262 g/mol. The zero-order valence-corrected chi connectivity index (χ0v) is 11.6. The summed E-state index contributed by atoms with van der Waals surface area (Å²) in [6, 6.07) is 8.55. The Balaban J connectivity index is 2.17. The fourth-order valence-electron chi connectivity index (χ4n) is 2.83. The highest BCUT2D eigenvalue weighted by atomic mass is 16.5. The maximum atomic E-state index is 11.4. The first kappa shape index (κ1) is 13.9. The van der Waals surface area contributed by atoms with Crippen LogP contribution in [-0.4, -0.2) is 32.2 Å². The number of anilines is 1. The van der Waals surface area contributed by atoms with Gasteiger partial charge in [0.05, 0.1) is 13.5 Å². The Hall–Kier alpha value is -1.55. The highest BCUT2D eigenvalue weighted by molar-refractivity contribution is 5.71. The van der Waals surface area contributed by atoms with E-state index in [1.54, 1.807) is 0 Å². The van der Waals surface area contributed by atoms with E-state index in [1.165, 1.54) is 18.4 Å². The van der Waals surface area contributed by atoms with Crippen molar-refractivity contribution < 1.29 is 9.53 Å². The van der Waals surface area contributed by atoms with E-state index in [-0.39, 0.29) is 12.0 Å². The molecule has 2 atom stereocenters. The molecule has 4 heteroatoms. The molecule has 2 unspecified atom stereocenters. The van der Waals surface area contributed by atoms with Crippen LogP contribution in [0, 0.1) is 0 Å². The number of nitrogens with two attached hydrogens (primary N) is 1. The maximum Gasteiger partial charge on any atom is 0.307 e. The summed E-state index contributed by atoms with van der Waals surface area (Å²) in [7, 11) is 1.43. The van der Waals surface area contributed by atoms with Gasteiger partial charge in [0.2, 0.25) is 0 Å². The second-order valence-corrected chi connectivity index (χ2v) is 5.11. The monoisotopic (exact) mass is 262 g/mol. The molecule has 0 bridgehead atoms. The summed E-state index contributed by atoms with van der Waals surface area (Å²) in [5, 5.41) is 0. The van der Waals surface area contributed by atoms with E-state index in [1.807, 2.05) is 6.07 Å². The second kappa shape index (κ2) is 6.06. The lowest BCUT2D eigenvalue weighted by Gasteiger charge is -2.27. The third-order valence-corrected chi connectivity index (χ3v) is 3.84. The third-order valence-electron chi connectivity index (χ3n) is 3.84. The van der Waals surface area contributed by atoms with Crippen LogP contribution < -0.4 is 10.6 Å². The number of esters is 1. The van der Waals surface area contributed by atoms with Crippen molar-refractivity contribution in [2.24, 2.45) is 5.73 Å². The van der Waals surface area contributed by atoms with Crippen LogP contribution in [0.15, 0.2) is 24.3 Å². The Bertz CT molecular complexity index is 448. The van der Waals surface area contributed by atoms with Gasteiger partial charge < -0.3 is 15.4 Å². The first-order valence-corrected chi connectivity index (χ1v) is 6.79. The summed E-state index contributed by atoms with van der Waals surface area (Å²) in [6.45, 7) is 3.70. The van der Waals surface area contributed by atoms with Gasteiger partial charge in [-0.2, -0.15) is 0 Å². The third kappa shape index (κ3) is 2.89. The smallest absolute Gasteiger partial charge is 0.307 e. The lowest BCUT2D eigenvalue weighted by molar-refractivity contribution is -0.140. The molecule has 104 valence electrons. The van der Waals surface area contributed by atoms with Gasteiger partial charge in [0, 0.05) is 24.2 Å². The van der Waals surface area contributed by atoms with Crippen LogP contribution in [0.2, 0.25) is 0 Å². The quantitative estimate of drug-likeness (QED) is 0.823. The average Bonchev–Trinajstić information content (AvgIpc) is 2.78. The molecule has 0 fully saturated rings. The number of ether oxygens (including phenoxy) is 1. The van der Waals surface area contributed by atoms with Crippen molar-refractivity contribution in [1.82, 2.24) is 0 Å². The first-order valence-electron chi connectivity index (χ1n) is 6.79. The van der Waals surface area contributed by atoms with Crippen LogP contribution >= 0.6 is 0 Å². The van der Waals surface area contributed by atoms with Crippen molar-refractivity contribution in [2.45, 2.75) is 31.7 Å². The molecule has 2 N–H and O–H groups in total. The molecule has 0 saturated carbocycles.